The fraction of sp³-hybridized carbons (Fsp3) is 0.0833. The van der Waals surface area contributed by atoms with Gasteiger partial charge in [0.2, 0.25) is 5.78 Å². The first-order valence-electron chi connectivity index (χ1n) is 8.96. The normalized spacial score (nSPS) is 12.1. The van der Waals surface area contributed by atoms with E-state index in [0.29, 0.717) is 16.1 Å². The molecule has 0 saturated heterocycles. The maximum absolute atomic E-state index is 13.1. The summed E-state index contributed by atoms with van der Waals surface area (Å²) in [6, 6.07) is 23.9. The lowest BCUT2D eigenvalue weighted by Crippen LogP contribution is -2.24. The van der Waals surface area contributed by atoms with Crippen LogP contribution in [0.4, 0.5) is 0 Å². The highest BCUT2D eigenvalue weighted by molar-refractivity contribution is 6.30. The number of carbonyl (C=O) groups is 2. The van der Waals surface area contributed by atoms with Gasteiger partial charge >= 0.3 is 5.97 Å². The van der Waals surface area contributed by atoms with Gasteiger partial charge in [-0.15, -0.1) is 0 Å². The molecule has 0 bridgehead atoms. The van der Waals surface area contributed by atoms with Gasteiger partial charge in [0.1, 0.15) is 0 Å². The van der Waals surface area contributed by atoms with Gasteiger partial charge in [-0.1, -0.05) is 60.1 Å². The molecule has 4 heteroatoms. The van der Waals surface area contributed by atoms with E-state index >= 15 is 0 Å². The maximum atomic E-state index is 13.1. The highest BCUT2D eigenvalue weighted by Crippen LogP contribution is 2.29. The molecule has 0 aliphatic carbocycles. The second kappa shape index (κ2) is 7.45. The van der Waals surface area contributed by atoms with E-state index in [4.69, 9.17) is 16.3 Å². The summed E-state index contributed by atoms with van der Waals surface area (Å²) in [5.74, 6) is -0.780. The molecule has 0 fully saturated rings. The number of fused-ring (bicyclic) bond motifs is 2. The van der Waals surface area contributed by atoms with Crippen LogP contribution < -0.4 is 0 Å². The number of rotatable bonds is 4. The molecule has 0 radical (unpaired) electrons. The van der Waals surface area contributed by atoms with Crippen molar-refractivity contribution in [3.05, 3.63) is 95.0 Å². The number of halogens is 1. The fourth-order valence-corrected chi connectivity index (χ4v) is 3.48. The molecule has 3 nitrogen and oxygen atoms in total. The molecule has 0 spiro atoms. The van der Waals surface area contributed by atoms with E-state index in [-0.39, 0.29) is 5.78 Å². The summed E-state index contributed by atoms with van der Waals surface area (Å²) in [4.78, 5) is 25.7. The molecule has 0 aliphatic rings. The molecule has 0 aliphatic heterocycles. The average molecular weight is 389 g/mol. The zero-order valence-electron chi connectivity index (χ0n) is 15.2. The van der Waals surface area contributed by atoms with Crippen molar-refractivity contribution in [2.24, 2.45) is 0 Å². The van der Waals surface area contributed by atoms with Gasteiger partial charge in [0.05, 0.1) is 5.56 Å². The minimum absolute atomic E-state index is 0.269. The van der Waals surface area contributed by atoms with Crippen LogP contribution in [0.2, 0.25) is 5.02 Å². The molecule has 0 unspecified atom stereocenters. The van der Waals surface area contributed by atoms with Gasteiger partial charge < -0.3 is 4.74 Å². The summed E-state index contributed by atoms with van der Waals surface area (Å²) >= 11 is 5.87. The fourth-order valence-electron chi connectivity index (χ4n) is 3.36. The van der Waals surface area contributed by atoms with Crippen molar-refractivity contribution in [1.82, 2.24) is 0 Å². The Labute approximate surface area is 167 Å². The second-order valence-corrected chi connectivity index (χ2v) is 7.05. The van der Waals surface area contributed by atoms with Crippen molar-refractivity contribution in [2.45, 2.75) is 13.0 Å². The van der Waals surface area contributed by atoms with Gasteiger partial charge in [0.15, 0.2) is 6.10 Å². The lowest BCUT2D eigenvalue weighted by Gasteiger charge is -2.15. The summed E-state index contributed by atoms with van der Waals surface area (Å²) in [6.45, 7) is 1.59. The third-order valence-electron chi connectivity index (χ3n) is 4.76. The summed E-state index contributed by atoms with van der Waals surface area (Å²) in [7, 11) is 0. The number of esters is 1. The van der Waals surface area contributed by atoms with Gasteiger partial charge in [-0.25, -0.2) is 4.79 Å². The summed E-state index contributed by atoms with van der Waals surface area (Å²) in [6.07, 6.45) is -0.911. The molecule has 4 aromatic carbocycles. The van der Waals surface area contributed by atoms with E-state index in [1.807, 2.05) is 54.6 Å². The van der Waals surface area contributed by atoms with E-state index in [0.717, 1.165) is 21.5 Å². The monoisotopic (exact) mass is 388 g/mol. The summed E-state index contributed by atoms with van der Waals surface area (Å²) < 4.78 is 5.58. The van der Waals surface area contributed by atoms with Crippen molar-refractivity contribution in [3.8, 4) is 0 Å². The molecule has 28 heavy (non-hydrogen) atoms. The van der Waals surface area contributed by atoms with Gasteiger partial charge in [-0.2, -0.15) is 0 Å². The van der Waals surface area contributed by atoms with Gasteiger partial charge in [0, 0.05) is 10.6 Å². The number of benzene rings is 4. The Balaban J connectivity index is 1.72. The van der Waals surface area contributed by atoms with Crippen LogP contribution in [-0.4, -0.2) is 17.9 Å². The van der Waals surface area contributed by atoms with Crippen molar-refractivity contribution < 1.29 is 14.3 Å². The Bertz CT molecular complexity index is 1140. The number of carbonyl (C=O) groups excluding carboxylic acids is 2. The number of hydrogen-bond acceptors (Lipinski definition) is 3. The number of ether oxygens (including phenoxy) is 1. The Morgan fingerprint density at radius 3 is 1.93 bits per heavy atom. The van der Waals surface area contributed by atoms with Gasteiger partial charge in [-0.05, 0) is 58.8 Å². The number of ketones is 1. The quantitative estimate of drug-likeness (QED) is 0.242. The molecule has 138 valence electrons. The molecule has 0 saturated carbocycles. The summed E-state index contributed by atoms with van der Waals surface area (Å²) in [5.41, 5.74) is 0.928. The smallest absolute Gasteiger partial charge is 0.340 e. The predicted molar refractivity (Wildman–Crippen MR) is 112 cm³/mol. The molecule has 0 N–H and O–H groups in total. The van der Waals surface area contributed by atoms with Crippen LogP contribution in [0.25, 0.3) is 21.5 Å². The topological polar surface area (TPSA) is 43.4 Å². The summed E-state index contributed by atoms with van der Waals surface area (Å²) in [5, 5.41) is 4.05. The molecule has 4 aromatic rings. The van der Waals surface area contributed by atoms with E-state index in [1.54, 1.807) is 31.2 Å². The first-order valence-corrected chi connectivity index (χ1v) is 9.33. The van der Waals surface area contributed by atoms with E-state index in [1.165, 1.54) is 0 Å². The highest BCUT2D eigenvalue weighted by Gasteiger charge is 2.23. The zero-order chi connectivity index (χ0) is 19.7. The third kappa shape index (κ3) is 3.37. The van der Waals surface area contributed by atoms with Crippen molar-refractivity contribution >= 4 is 44.9 Å². The largest absolute Gasteiger partial charge is 0.451 e. The van der Waals surface area contributed by atoms with Crippen LogP contribution in [0.5, 0.6) is 0 Å². The minimum atomic E-state index is -0.911. The van der Waals surface area contributed by atoms with E-state index in [2.05, 4.69) is 0 Å². The van der Waals surface area contributed by atoms with Gasteiger partial charge in [-0.3, -0.25) is 4.79 Å². The minimum Gasteiger partial charge on any atom is -0.451 e. The Kier molecular flexibility index (Phi) is 4.84. The van der Waals surface area contributed by atoms with Crippen LogP contribution in [-0.2, 0) is 4.74 Å². The molecule has 0 amide bonds. The van der Waals surface area contributed by atoms with Crippen LogP contribution >= 0.6 is 11.6 Å². The molecule has 4 rings (SSSR count). The van der Waals surface area contributed by atoms with Crippen molar-refractivity contribution in [2.75, 3.05) is 0 Å². The number of Topliss-reactive ketones (excluding diaryl/α,β-unsaturated/α-hetero) is 1. The van der Waals surface area contributed by atoms with Crippen LogP contribution in [0.3, 0.4) is 0 Å². The SMILES string of the molecule is C[C@@H](OC(=O)c1c2ccccc2cc2ccccc12)C(=O)c1ccc(Cl)cc1. The average Bonchev–Trinajstić information content (AvgIpc) is 2.71. The highest BCUT2D eigenvalue weighted by atomic mass is 35.5. The lowest BCUT2D eigenvalue weighted by molar-refractivity contribution is 0.0322. The predicted octanol–water partition coefficient (Wildman–Crippen LogP) is 6.07. The first kappa shape index (κ1) is 18.2. The molecular formula is C24H17ClO3. The van der Waals surface area contributed by atoms with Crippen molar-refractivity contribution in [3.63, 3.8) is 0 Å². The maximum Gasteiger partial charge on any atom is 0.340 e. The molecule has 0 heterocycles. The molecule has 1 atom stereocenters. The molecular weight excluding hydrogens is 372 g/mol. The van der Waals surface area contributed by atoms with E-state index in [9.17, 15) is 9.59 Å². The second-order valence-electron chi connectivity index (χ2n) is 6.61. The lowest BCUT2D eigenvalue weighted by atomic mass is 9.97. The first-order chi connectivity index (χ1) is 13.5. The van der Waals surface area contributed by atoms with Gasteiger partial charge in [0.25, 0.3) is 0 Å². The van der Waals surface area contributed by atoms with Crippen LogP contribution in [0.1, 0.15) is 27.6 Å². The standard InChI is InChI=1S/C24H17ClO3/c1-15(23(26)16-10-12-19(25)13-11-16)28-24(27)22-20-8-4-2-6-17(20)14-18-7-3-5-9-21(18)22/h2-15H,1H3/t15-/m1/s1. The molecule has 0 aromatic heterocycles. The van der Waals surface area contributed by atoms with Crippen molar-refractivity contribution in [1.29, 1.82) is 0 Å². The third-order valence-corrected chi connectivity index (χ3v) is 5.01. The van der Waals surface area contributed by atoms with Crippen LogP contribution in [0, 0.1) is 0 Å². The zero-order valence-corrected chi connectivity index (χ0v) is 15.9. The Morgan fingerprint density at radius 1 is 0.821 bits per heavy atom. The van der Waals surface area contributed by atoms with E-state index < -0.39 is 12.1 Å². The number of hydrogen-bond donors (Lipinski definition) is 0. The Hall–Kier alpha value is -3.17. The Morgan fingerprint density at radius 2 is 1.36 bits per heavy atom. The van der Waals surface area contributed by atoms with Crippen LogP contribution in [0.15, 0.2) is 78.9 Å².